The first-order chi connectivity index (χ1) is 4.31. The number of hydrogen-bond acceptors (Lipinski definition) is 0. The summed E-state index contributed by atoms with van der Waals surface area (Å²) in [6.45, 7) is 2.03. The molecule has 1 heterocycles. The van der Waals surface area contributed by atoms with E-state index in [4.69, 9.17) is 0 Å². The van der Waals surface area contributed by atoms with Crippen LogP contribution in [-0.2, 0) is 9.47 Å². The summed E-state index contributed by atoms with van der Waals surface area (Å²) in [5, 5.41) is 0. The van der Waals surface area contributed by atoms with E-state index in [9.17, 15) is 0 Å². The van der Waals surface area contributed by atoms with Gasteiger partial charge >= 0.3 is 49.4 Å². The summed E-state index contributed by atoms with van der Waals surface area (Å²) in [7, 11) is 0.628. The summed E-state index contributed by atoms with van der Waals surface area (Å²) in [5.41, 5.74) is 1.22. The standard InChI is InChI=1S/C5H7N.2HI.V/c1-5-3-2-4-6-5;;;/h2-4,6H,1H3;2*1H;/q;;;+2/p-2. The monoisotopic (exact) mass is 386 g/mol. The van der Waals surface area contributed by atoms with Crippen molar-refractivity contribution in [3.8, 4) is 0 Å². The van der Waals surface area contributed by atoms with Gasteiger partial charge in [0.15, 0.2) is 0 Å². The van der Waals surface area contributed by atoms with E-state index in [1.54, 1.807) is 0 Å². The molecule has 0 fully saturated rings. The average Bonchev–Trinajstić information content (AvgIpc) is 2.20. The molecule has 0 unspecified atom stereocenters. The van der Waals surface area contributed by atoms with Crippen molar-refractivity contribution in [2.24, 2.45) is 0 Å². The maximum atomic E-state index is 3.00. The molecule has 0 aliphatic carbocycles. The second-order valence-corrected chi connectivity index (χ2v) is 13.2. The number of aryl methyl sites for hydroxylation is 1. The number of nitrogens with one attached hydrogen (secondary N) is 1. The fourth-order valence-corrected chi connectivity index (χ4v) is 0.420. The summed E-state index contributed by atoms with van der Waals surface area (Å²) >= 11 is 4.74. The van der Waals surface area contributed by atoms with E-state index >= 15 is 0 Å². The fourth-order valence-electron chi connectivity index (χ4n) is 0.420. The molecule has 1 rings (SSSR count). The Morgan fingerprint density at radius 1 is 1.56 bits per heavy atom. The number of H-pyrrole nitrogens is 1. The summed E-state index contributed by atoms with van der Waals surface area (Å²) in [4.78, 5) is 3.00. The number of aromatic amines is 1. The molecule has 1 aromatic rings. The zero-order chi connectivity index (χ0) is 7.11. The summed E-state index contributed by atoms with van der Waals surface area (Å²) < 4.78 is 0. The third kappa shape index (κ3) is 7.22. The number of halogens is 2. The van der Waals surface area contributed by atoms with Crippen molar-refractivity contribution in [2.45, 2.75) is 6.92 Å². The van der Waals surface area contributed by atoms with Gasteiger partial charge in [-0.2, -0.15) is 0 Å². The molecule has 0 radical (unpaired) electrons. The second-order valence-electron chi connectivity index (χ2n) is 1.42. The molecule has 1 aromatic heterocycles. The Kier molecular flexibility index (Phi) is 8.53. The van der Waals surface area contributed by atoms with Crippen molar-refractivity contribution in [1.29, 1.82) is 0 Å². The van der Waals surface area contributed by atoms with Crippen molar-refractivity contribution < 1.29 is 9.47 Å². The first kappa shape index (κ1) is 10.3. The quantitative estimate of drug-likeness (QED) is 0.661. The normalized spacial score (nSPS) is 7.44. The van der Waals surface area contributed by atoms with Crippen LogP contribution in [0, 0.1) is 6.92 Å². The Labute approximate surface area is 84.2 Å². The molecule has 0 aliphatic rings. The Morgan fingerprint density at radius 2 is 2.11 bits per heavy atom. The van der Waals surface area contributed by atoms with Crippen LogP contribution in [-0.4, -0.2) is 4.98 Å². The molecule has 0 saturated heterocycles. The predicted octanol–water partition coefficient (Wildman–Crippen LogP) is 3.09. The summed E-state index contributed by atoms with van der Waals surface area (Å²) in [5.74, 6) is 0. The van der Waals surface area contributed by atoms with Gasteiger partial charge in [-0.25, -0.2) is 0 Å². The Balaban J connectivity index is 0.000000187. The minimum absolute atomic E-state index is 0.628. The zero-order valence-electron chi connectivity index (χ0n) is 4.94. The van der Waals surface area contributed by atoms with Gasteiger partial charge in [0.05, 0.1) is 0 Å². The maximum absolute atomic E-state index is 3.00. The molecule has 0 aliphatic heterocycles. The van der Waals surface area contributed by atoms with Gasteiger partial charge in [0.25, 0.3) is 0 Å². The Morgan fingerprint density at radius 3 is 2.22 bits per heavy atom. The van der Waals surface area contributed by atoms with Crippen LogP contribution in [0.2, 0.25) is 0 Å². The van der Waals surface area contributed by atoms with Gasteiger partial charge in [0, 0.05) is 11.9 Å². The van der Waals surface area contributed by atoms with Gasteiger partial charge < -0.3 is 4.98 Å². The molecule has 4 heteroatoms. The van der Waals surface area contributed by atoms with Crippen LogP contribution in [0.5, 0.6) is 0 Å². The minimum atomic E-state index is 0.628. The molecule has 51 valence electrons. The zero-order valence-corrected chi connectivity index (χ0v) is 10.6. The molecule has 0 saturated carbocycles. The van der Waals surface area contributed by atoms with E-state index in [0.717, 1.165) is 0 Å². The third-order valence-corrected chi connectivity index (χ3v) is 0.753. The van der Waals surface area contributed by atoms with E-state index in [2.05, 4.69) is 44.9 Å². The fraction of sp³-hybridized carbons (Fsp3) is 0.200. The van der Waals surface area contributed by atoms with Crippen LogP contribution in [0.15, 0.2) is 18.3 Å². The van der Waals surface area contributed by atoms with Gasteiger partial charge in [0.1, 0.15) is 0 Å². The van der Waals surface area contributed by atoms with E-state index in [1.165, 1.54) is 5.69 Å². The van der Waals surface area contributed by atoms with Crippen molar-refractivity contribution in [1.82, 2.24) is 4.98 Å². The summed E-state index contributed by atoms with van der Waals surface area (Å²) in [6, 6.07) is 4.01. The topological polar surface area (TPSA) is 15.8 Å². The second kappa shape index (κ2) is 7.43. The van der Waals surface area contributed by atoms with Gasteiger partial charge in [-0.3, -0.25) is 0 Å². The van der Waals surface area contributed by atoms with Crippen molar-refractivity contribution >= 4 is 40.0 Å². The van der Waals surface area contributed by atoms with Gasteiger partial charge in [0.2, 0.25) is 0 Å². The molecule has 0 bridgehead atoms. The van der Waals surface area contributed by atoms with E-state index < -0.39 is 0 Å². The first-order valence-electron chi connectivity index (χ1n) is 2.33. The molecule has 9 heavy (non-hydrogen) atoms. The van der Waals surface area contributed by atoms with Crippen LogP contribution in [0.1, 0.15) is 5.69 Å². The average molecular weight is 386 g/mol. The van der Waals surface area contributed by atoms with Crippen molar-refractivity contribution in [3.63, 3.8) is 0 Å². The molecule has 1 nitrogen and oxygen atoms in total. The molecular formula is C5H7I2NV. The van der Waals surface area contributed by atoms with Crippen molar-refractivity contribution in [2.75, 3.05) is 0 Å². The van der Waals surface area contributed by atoms with E-state index in [0.29, 0.717) is 9.47 Å². The number of hydrogen-bond donors (Lipinski definition) is 1. The summed E-state index contributed by atoms with van der Waals surface area (Å²) in [6.07, 6.45) is 1.91. The Hall–Kier alpha value is 1.32. The molecule has 1 N–H and O–H groups in total. The van der Waals surface area contributed by atoms with Crippen LogP contribution < -0.4 is 0 Å². The molecule has 0 amide bonds. The van der Waals surface area contributed by atoms with Gasteiger partial charge in [-0.1, -0.05) is 0 Å². The van der Waals surface area contributed by atoms with Crippen LogP contribution >= 0.6 is 40.0 Å². The van der Waals surface area contributed by atoms with Gasteiger partial charge in [-0.05, 0) is 19.1 Å². The Bertz CT molecular complexity index is 130. The molecule has 0 atom stereocenters. The first-order valence-corrected chi connectivity index (χ1v) is 11.3. The number of aromatic nitrogens is 1. The van der Waals surface area contributed by atoms with Crippen LogP contribution in [0.25, 0.3) is 0 Å². The molecular weight excluding hydrogens is 379 g/mol. The predicted molar refractivity (Wildman–Crippen MR) is 53.6 cm³/mol. The molecule has 0 spiro atoms. The van der Waals surface area contributed by atoms with E-state index in [1.807, 2.05) is 25.3 Å². The van der Waals surface area contributed by atoms with E-state index in [-0.39, 0.29) is 0 Å². The number of rotatable bonds is 0. The van der Waals surface area contributed by atoms with Crippen LogP contribution in [0.3, 0.4) is 0 Å². The van der Waals surface area contributed by atoms with Crippen molar-refractivity contribution in [3.05, 3.63) is 24.0 Å². The third-order valence-electron chi connectivity index (χ3n) is 0.753. The van der Waals surface area contributed by atoms with Gasteiger partial charge in [-0.15, -0.1) is 0 Å². The van der Waals surface area contributed by atoms with Crippen LogP contribution in [0.4, 0.5) is 0 Å². The SMILES string of the molecule is Cc1ccc[nH]1.[I][V][I]. The molecule has 0 aromatic carbocycles.